The fraction of sp³-hybridized carbons (Fsp3) is 0.556. The molecule has 0 aliphatic heterocycles. The van der Waals surface area contributed by atoms with Crippen LogP contribution in [0.5, 0.6) is 0 Å². The highest BCUT2D eigenvalue weighted by Crippen LogP contribution is 2.34. The largest absolute Gasteiger partial charge is 0.224 e. The first-order valence-electron chi connectivity index (χ1n) is 4.61. The summed E-state index contributed by atoms with van der Waals surface area (Å²) in [5, 5.41) is 2.22. The van der Waals surface area contributed by atoms with Gasteiger partial charge >= 0.3 is 0 Å². The van der Waals surface area contributed by atoms with Crippen molar-refractivity contribution in [2.75, 3.05) is 0 Å². The molecule has 1 aromatic rings. The summed E-state index contributed by atoms with van der Waals surface area (Å²) in [7, 11) is 0. The van der Waals surface area contributed by atoms with Crippen molar-refractivity contribution >= 4 is 35.0 Å². The lowest BCUT2D eigenvalue weighted by Gasteiger charge is -2.07. The molecule has 5 heteroatoms. The van der Waals surface area contributed by atoms with Gasteiger partial charge in [-0.1, -0.05) is 24.4 Å². The Balaban J connectivity index is 2.07. The molecular formula is C9H10Cl2N2S. The zero-order valence-electron chi connectivity index (χ0n) is 7.54. The van der Waals surface area contributed by atoms with Crippen molar-refractivity contribution in [3.63, 3.8) is 0 Å². The Bertz CT molecular complexity index is 306. The summed E-state index contributed by atoms with van der Waals surface area (Å²) in [5.41, 5.74) is 0. The van der Waals surface area contributed by atoms with Gasteiger partial charge < -0.3 is 0 Å². The Morgan fingerprint density at radius 2 is 1.93 bits per heavy atom. The average Bonchev–Trinajstić information content (AvgIpc) is 2.54. The highest BCUT2D eigenvalue weighted by molar-refractivity contribution is 7.99. The van der Waals surface area contributed by atoms with Gasteiger partial charge in [-0.05, 0) is 24.4 Å². The number of thioether (sulfide) groups is 1. The van der Waals surface area contributed by atoms with Crippen LogP contribution in [-0.2, 0) is 0 Å². The van der Waals surface area contributed by atoms with E-state index in [-0.39, 0.29) is 5.28 Å². The summed E-state index contributed by atoms with van der Waals surface area (Å²) in [6.07, 6.45) is 5.18. The van der Waals surface area contributed by atoms with Gasteiger partial charge in [0.15, 0.2) is 0 Å². The van der Waals surface area contributed by atoms with Crippen molar-refractivity contribution < 1.29 is 0 Å². The normalized spacial score (nSPS) is 17.6. The van der Waals surface area contributed by atoms with Crippen molar-refractivity contribution in [2.24, 2.45) is 0 Å². The molecule has 0 atom stereocenters. The molecule has 76 valence electrons. The molecule has 1 saturated carbocycles. The van der Waals surface area contributed by atoms with E-state index >= 15 is 0 Å². The molecular weight excluding hydrogens is 239 g/mol. The highest BCUT2D eigenvalue weighted by Gasteiger charge is 2.17. The molecule has 0 spiro atoms. The third-order valence-corrected chi connectivity index (χ3v) is 3.85. The lowest BCUT2D eigenvalue weighted by atomic mass is 10.4. The third kappa shape index (κ3) is 2.75. The second-order valence-electron chi connectivity index (χ2n) is 3.32. The van der Waals surface area contributed by atoms with E-state index in [0.717, 1.165) is 5.03 Å². The monoisotopic (exact) mass is 248 g/mol. The van der Waals surface area contributed by atoms with Gasteiger partial charge in [-0.15, -0.1) is 11.8 Å². The van der Waals surface area contributed by atoms with E-state index in [1.165, 1.54) is 25.7 Å². The van der Waals surface area contributed by atoms with Gasteiger partial charge in [-0.3, -0.25) is 0 Å². The maximum absolute atomic E-state index is 5.79. The fourth-order valence-electron chi connectivity index (χ4n) is 1.61. The van der Waals surface area contributed by atoms with E-state index in [4.69, 9.17) is 23.2 Å². The Morgan fingerprint density at radius 3 is 2.57 bits per heavy atom. The van der Waals surface area contributed by atoms with Crippen molar-refractivity contribution in [1.82, 2.24) is 9.97 Å². The maximum atomic E-state index is 5.79. The molecule has 2 nitrogen and oxygen atoms in total. The van der Waals surface area contributed by atoms with Crippen LogP contribution in [0.4, 0.5) is 0 Å². The van der Waals surface area contributed by atoms with Crippen molar-refractivity contribution in [3.8, 4) is 0 Å². The Hall–Kier alpha value is 0.01000. The first-order chi connectivity index (χ1) is 6.74. The van der Waals surface area contributed by atoms with Gasteiger partial charge in [0.25, 0.3) is 0 Å². The molecule has 0 N–H and O–H groups in total. The second kappa shape index (κ2) is 4.69. The minimum Gasteiger partial charge on any atom is -0.211 e. The highest BCUT2D eigenvalue weighted by atomic mass is 35.5. The standard InChI is InChI=1S/C9H10Cl2N2S/c10-7-5-8(13-9(11)12-7)14-6-3-1-2-4-6/h5-6H,1-4H2. The zero-order valence-corrected chi connectivity index (χ0v) is 9.87. The van der Waals surface area contributed by atoms with Crippen LogP contribution < -0.4 is 0 Å². The fourth-order valence-corrected chi connectivity index (χ4v) is 3.36. The quantitative estimate of drug-likeness (QED) is 0.588. The minimum absolute atomic E-state index is 0.234. The molecule has 0 amide bonds. The van der Waals surface area contributed by atoms with Crippen molar-refractivity contribution in [2.45, 2.75) is 36.0 Å². The molecule has 0 unspecified atom stereocenters. The van der Waals surface area contributed by atoms with E-state index in [9.17, 15) is 0 Å². The molecule has 1 aliphatic carbocycles. The maximum Gasteiger partial charge on any atom is 0.224 e. The average molecular weight is 249 g/mol. The third-order valence-electron chi connectivity index (χ3n) is 2.23. The van der Waals surface area contributed by atoms with Crippen LogP contribution in [0.15, 0.2) is 11.1 Å². The van der Waals surface area contributed by atoms with Crippen LogP contribution >= 0.6 is 35.0 Å². The van der Waals surface area contributed by atoms with Crippen LogP contribution in [0.3, 0.4) is 0 Å². The number of nitrogens with zero attached hydrogens (tertiary/aromatic N) is 2. The number of halogens is 2. The van der Waals surface area contributed by atoms with Gasteiger partial charge in [0, 0.05) is 11.3 Å². The Labute approximate surface area is 97.4 Å². The molecule has 1 aliphatic rings. The summed E-state index contributed by atoms with van der Waals surface area (Å²) >= 11 is 13.3. The number of hydrogen-bond donors (Lipinski definition) is 0. The molecule has 2 rings (SSSR count). The van der Waals surface area contributed by atoms with Gasteiger partial charge in [-0.25, -0.2) is 9.97 Å². The summed E-state index contributed by atoms with van der Waals surface area (Å²) in [6, 6.07) is 1.77. The van der Waals surface area contributed by atoms with Gasteiger partial charge in [0.2, 0.25) is 5.28 Å². The van der Waals surface area contributed by atoms with E-state index in [1.807, 2.05) is 0 Å². The van der Waals surface area contributed by atoms with Gasteiger partial charge in [-0.2, -0.15) is 0 Å². The van der Waals surface area contributed by atoms with Gasteiger partial charge in [0.05, 0.1) is 0 Å². The van der Waals surface area contributed by atoms with E-state index < -0.39 is 0 Å². The molecule has 0 saturated heterocycles. The van der Waals surface area contributed by atoms with E-state index in [1.54, 1.807) is 17.8 Å². The molecule has 0 bridgehead atoms. The molecule has 1 fully saturated rings. The topological polar surface area (TPSA) is 25.8 Å². The lowest BCUT2D eigenvalue weighted by Crippen LogP contribution is -1.95. The summed E-state index contributed by atoms with van der Waals surface area (Å²) in [6.45, 7) is 0. The molecule has 1 aromatic heterocycles. The van der Waals surface area contributed by atoms with E-state index in [2.05, 4.69) is 9.97 Å². The van der Waals surface area contributed by atoms with Crippen LogP contribution in [0, 0.1) is 0 Å². The first kappa shape index (κ1) is 10.5. The lowest BCUT2D eigenvalue weighted by molar-refractivity contribution is 0.886. The van der Waals surface area contributed by atoms with Crippen molar-refractivity contribution in [3.05, 3.63) is 16.5 Å². The van der Waals surface area contributed by atoms with Crippen LogP contribution in [0.2, 0.25) is 10.4 Å². The first-order valence-corrected chi connectivity index (χ1v) is 6.24. The summed E-state index contributed by atoms with van der Waals surface area (Å²) < 4.78 is 0. The Morgan fingerprint density at radius 1 is 1.21 bits per heavy atom. The molecule has 0 aromatic carbocycles. The summed E-state index contributed by atoms with van der Waals surface area (Å²) in [4.78, 5) is 7.95. The molecule has 1 heterocycles. The number of rotatable bonds is 2. The smallest absolute Gasteiger partial charge is 0.211 e. The van der Waals surface area contributed by atoms with Gasteiger partial charge in [0.1, 0.15) is 10.2 Å². The predicted molar refractivity (Wildman–Crippen MR) is 60.2 cm³/mol. The van der Waals surface area contributed by atoms with Crippen molar-refractivity contribution in [1.29, 1.82) is 0 Å². The Kier molecular flexibility index (Phi) is 3.52. The summed E-state index contributed by atoms with van der Waals surface area (Å²) in [5.74, 6) is 0. The van der Waals surface area contributed by atoms with Crippen LogP contribution in [0.1, 0.15) is 25.7 Å². The van der Waals surface area contributed by atoms with E-state index in [0.29, 0.717) is 10.4 Å². The van der Waals surface area contributed by atoms with Crippen LogP contribution in [0.25, 0.3) is 0 Å². The molecule has 14 heavy (non-hydrogen) atoms. The SMILES string of the molecule is Clc1cc(SC2CCCC2)nc(Cl)n1. The number of aromatic nitrogens is 2. The predicted octanol–water partition coefficient (Wildman–Crippen LogP) is 3.82. The number of hydrogen-bond acceptors (Lipinski definition) is 3. The second-order valence-corrected chi connectivity index (χ2v) is 5.37. The zero-order chi connectivity index (χ0) is 9.97. The molecule has 0 radical (unpaired) electrons. The van der Waals surface area contributed by atoms with Crippen LogP contribution in [-0.4, -0.2) is 15.2 Å². The minimum atomic E-state index is 0.234.